The van der Waals surface area contributed by atoms with Gasteiger partial charge in [-0.1, -0.05) is 82.3 Å². The summed E-state index contributed by atoms with van der Waals surface area (Å²) < 4.78 is 0. The van der Waals surface area contributed by atoms with Crippen LogP contribution in [-0.2, 0) is 13.1 Å². The van der Waals surface area contributed by atoms with Crippen LogP contribution in [0.3, 0.4) is 0 Å². The zero-order valence-corrected chi connectivity index (χ0v) is 24.0. The van der Waals surface area contributed by atoms with Gasteiger partial charge in [0.1, 0.15) is 0 Å². The van der Waals surface area contributed by atoms with E-state index >= 15 is 0 Å². The largest absolute Gasteiger partial charge is 0.302 e. The third kappa shape index (κ3) is 4.36. The van der Waals surface area contributed by atoms with Gasteiger partial charge in [0.25, 0.3) is 0 Å². The topological polar surface area (TPSA) is 13.0 Å². The van der Waals surface area contributed by atoms with Crippen LogP contribution < -0.4 is 0 Å². The van der Waals surface area contributed by atoms with Crippen LogP contribution in [0.5, 0.6) is 0 Å². The average molecular weight is 523 g/mol. The zero-order valence-electron chi connectivity index (χ0n) is 22.3. The van der Waals surface area contributed by atoms with Crippen LogP contribution in [0.25, 0.3) is 0 Å². The van der Waals surface area contributed by atoms with Gasteiger partial charge in [-0.25, -0.2) is 0 Å². The third-order valence-corrected chi connectivity index (χ3v) is 12.2. The highest BCUT2D eigenvalue weighted by Crippen LogP contribution is 2.59. The van der Waals surface area contributed by atoms with Gasteiger partial charge in [-0.2, -0.15) is 0 Å². The molecular formula is C30H42N4S2. The van der Waals surface area contributed by atoms with Crippen LogP contribution in [0.4, 0.5) is 0 Å². The zero-order chi connectivity index (χ0) is 24.9. The van der Waals surface area contributed by atoms with Gasteiger partial charge in [0, 0.05) is 60.8 Å². The first-order valence-electron chi connectivity index (χ1n) is 13.6. The minimum atomic E-state index is 0.390. The van der Waals surface area contributed by atoms with Crippen molar-refractivity contribution in [2.45, 2.75) is 49.1 Å². The summed E-state index contributed by atoms with van der Waals surface area (Å²) in [6.07, 6.45) is 2.75. The Kier molecular flexibility index (Phi) is 6.98. The van der Waals surface area contributed by atoms with Gasteiger partial charge in [-0.15, -0.1) is 0 Å². The van der Waals surface area contributed by atoms with Crippen molar-refractivity contribution in [3.05, 3.63) is 71.8 Å². The molecule has 6 heteroatoms. The van der Waals surface area contributed by atoms with E-state index < -0.39 is 0 Å². The van der Waals surface area contributed by atoms with Gasteiger partial charge in [0.15, 0.2) is 0 Å². The van der Waals surface area contributed by atoms with Gasteiger partial charge in [0.05, 0.1) is 0 Å². The fourth-order valence-corrected chi connectivity index (χ4v) is 10.6. The van der Waals surface area contributed by atoms with Crippen molar-refractivity contribution >= 4 is 21.6 Å². The van der Waals surface area contributed by atoms with Crippen molar-refractivity contribution in [2.24, 2.45) is 11.8 Å². The van der Waals surface area contributed by atoms with E-state index in [0.29, 0.717) is 23.2 Å². The standard InChI is InChI=1S/C30H42N4S2/c1-31(2)29-15-25(29)19-33(17-23-11-7-5-8-12-23)27(29)21-35-36-22-28-30(32(3)4)16-26(30)20-34(28)18-24-13-9-6-10-14-24/h5-14,25-28H,15-22H2,1-4H3/t25?,26?,27-,28-,29?,30?/m0/s1. The molecule has 194 valence electrons. The molecule has 6 atom stereocenters. The highest BCUT2D eigenvalue weighted by atomic mass is 33.1. The Morgan fingerprint density at radius 2 is 1.06 bits per heavy atom. The lowest BCUT2D eigenvalue weighted by Crippen LogP contribution is -2.49. The molecule has 2 saturated heterocycles. The van der Waals surface area contributed by atoms with Crippen molar-refractivity contribution < 1.29 is 0 Å². The second-order valence-corrected chi connectivity index (χ2v) is 14.6. The predicted octanol–water partition coefficient (Wildman–Crippen LogP) is 4.78. The van der Waals surface area contributed by atoms with E-state index in [1.54, 1.807) is 0 Å². The van der Waals surface area contributed by atoms with E-state index in [2.05, 4.69) is 130 Å². The molecule has 4 unspecified atom stereocenters. The van der Waals surface area contributed by atoms with Crippen LogP contribution >= 0.6 is 21.6 Å². The van der Waals surface area contributed by atoms with Crippen molar-refractivity contribution in [2.75, 3.05) is 52.8 Å². The van der Waals surface area contributed by atoms with Crippen LogP contribution in [0.2, 0.25) is 0 Å². The number of hydrogen-bond donors (Lipinski definition) is 0. The fraction of sp³-hybridized carbons (Fsp3) is 0.600. The summed E-state index contributed by atoms with van der Waals surface area (Å²) >= 11 is 0. The van der Waals surface area contributed by atoms with Crippen molar-refractivity contribution in [3.63, 3.8) is 0 Å². The van der Waals surface area contributed by atoms with Crippen molar-refractivity contribution in [1.82, 2.24) is 19.6 Å². The number of likely N-dealkylation sites (N-methyl/N-ethyl adjacent to an activating group) is 2. The molecular weight excluding hydrogens is 480 g/mol. The Balaban J connectivity index is 1.10. The number of rotatable bonds is 11. The summed E-state index contributed by atoms with van der Waals surface area (Å²) in [7, 11) is 13.5. The number of piperidine rings is 2. The summed E-state index contributed by atoms with van der Waals surface area (Å²) in [6.45, 7) is 4.67. The van der Waals surface area contributed by atoms with Gasteiger partial charge in [-0.05, 0) is 64.0 Å². The van der Waals surface area contributed by atoms with Crippen LogP contribution in [0.15, 0.2) is 60.7 Å². The summed E-state index contributed by atoms with van der Waals surface area (Å²) in [4.78, 5) is 10.7. The van der Waals surface area contributed by atoms with E-state index in [0.717, 1.165) is 24.9 Å². The summed E-state index contributed by atoms with van der Waals surface area (Å²) in [5, 5.41) is 0. The molecule has 0 radical (unpaired) electrons. The Morgan fingerprint density at radius 1 is 0.667 bits per heavy atom. The van der Waals surface area contributed by atoms with E-state index in [1.165, 1.54) is 48.6 Å². The smallest absolute Gasteiger partial charge is 0.0411 e. The monoisotopic (exact) mass is 522 g/mol. The lowest BCUT2D eigenvalue weighted by molar-refractivity contribution is 0.149. The molecule has 4 nitrogen and oxygen atoms in total. The lowest BCUT2D eigenvalue weighted by Gasteiger charge is -2.37. The molecule has 4 fully saturated rings. The number of benzene rings is 2. The fourth-order valence-electron chi connectivity index (χ4n) is 7.79. The molecule has 2 aliphatic heterocycles. The number of hydrogen-bond acceptors (Lipinski definition) is 6. The average Bonchev–Trinajstić information content (AvgIpc) is 3.73. The Morgan fingerprint density at radius 3 is 1.42 bits per heavy atom. The molecule has 2 saturated carbocycles. The summed E-state index contributed by atoms with van der Waals surface area (Å²) in [6, 6.07) is 23.4. The molecule has 36 heavy (non-hydrogen) atoms. The van der Waals surface area contributed by atoms with Gasteiger partial charge in [-0.3, -0.25) is 9.80 Å². The minimum absolute atomic E-state index is 0.390. The Hall–Kier alpha value is -1.02. The SMILES string of the molecule is CN(C)C12CC1CN(Cc1ccccc1)[C@H]2CSSC[C@@H]1N(Cc2ccccc2)CC2CC21N(C)C. The maximum atomic E-state index is 2.78. The minimum Gasteiger partial charge on any atom is -0.302 e. The Bertz CT molecular complexity index is 950. The molecule has 4 aliphatic rings. The number of fused-ring (bicyclic) bond motifs is 2. The number of likely N-dealkylation sites (tertiary alicyclic amines) is 2. The molecule has 0 amide bonds. The predicted molar refractivity (Wildman–Crippen MR) is 155 cm³/mol. The first-order chi connectivity index (χ1) is 17.4. The van der Waals surface area contributed by atoms with Crippen molar-refractivity contribution in [1.29, 1.82) is 0 Å². The molecule has 0 bridgehead atoms. The molecule has 0 aromatic heterocycles. The van der Waals surface area contributed by atoms with Gasteiger partial charge < -0.3 is 9.80 Å². The normalized spacial score (nSPS) is 35.4. The van der Waals surface area contributed by atoms with Crippen LogP contribution in [0, 0.1) is 11.8 Å². The lowest BCUT2D eigenvalue weighted by atomic mass is 10.1. The quantitative estimate of drug-likeness (QED) is 0.309. The van der Waals surface area contributed by atoms with E-state index in [4.69, 9.17) is 0 Å². The number of nitrogens with zero attached hydrogens (tertiary/aromatic N) is 4. The maximum absolute atomic E-state index is 2.78. The molecule has 6 rings (SSSR count). The third-order valence-electron chi connectivity index (χ3n) is 9.84. The first kappa shape index (κ1) is 25.3. The first-order valence-corrected chi connectivity index (χ1v) is 16.1. The van der Waals surface area contributed by atoms with Crippen molar-refractivity contribution in [3.8, 4) is 0 Å². The maximum Gasteiger partial charge on any atom is 0.0411 e. The molecule has 0 spiro atoms. The van der Waals surface area contributed by atoms with Gasteiger partial charge in [0.2, 0.25) is 0 Å². The van der Waals surface area contributed by atoms with E-state index in [1.807, 2.05) is 0 Å². The van der Waals surface area contributed by atoms with Crippen LogP contribution in [-0.4, -0.2) is 95.5 Å². The second-order valence-electron chi connectivity index (χ2n) is 12.0. The summed E-state index contributed by atoms with van der Waals surface area (Å²) in [5.41, 5.74) is 3.68. The van der Waals surface area contributed by atoms with Crippen LogP contribution in [0.1, 0.15) is 24.0 Å². The molecule has 2 heterocycles. The highest BCUT2D eigenvalue weighted by Gasteiger charge is 2.68. The van der Waals surface area contributed by atoms with Gasteiger partial charge >= 0.3 is 0 Å². The van der Waals surface area contributed by atoms with E-state index in [-0.39, 0.29) is 0 Å². The highest BCUT2D eigenvalue weighted by molar-refractivity contribution is 8.76. The molecule has 2 aromatic rings. The van der Waals surface area contributed by atoms with E-state index in [9.17, 15) is 0 Å². The molecule has 2 aliphatic carbocycles. The molecule has 0 N–H and O–H groups in total. The summed E-state index contributed by atoms with van der Waals surface area (Å²) in [5.74, 6) is 4.12. The Labute approximate surface area is 226 Å². The second kappa shape index (κ2) is 9.94. The molecule has 2 aromatic carbocycles.